The van der Waals surface area contributed by atoms with Crippen molar-refractivity contribution in [1.82, 2.24) is 15.0 Å². The van der Waals surface area contributed by atoms with Crippen LogP contribution in [0.5, 0.6) is 0 Å². The van der Waals surface area contributed by atoms with Crippen molar-refractivity contribution in [1.29, 1.82) is 0 Å². The normalized spacial score (nSPS) is 17.2. The van der Waals surface area contributed by atoms with Gasteiger partial charge in [0.05, 0.1) is 0 Å². The van der Waals surface area contributed by atoms with E-state index < -0.39 is 0 Å². The number of hydrogen-bond donors (Lipinski definition) is 2. The summed E-state index contributed by atoms with van der Waals surface area (Å²) in [6, 6.07) is 10.3. The number of amides is 1. The summed E-state index contributed by atoms with van der Waals surface area (Å²) in [5, 5.41) is 11.5. The fourth-order valence-corrected chi connectivity index (χ4v) is 3.49. The number of aromatic nitrogens is 2. The molecule has 2 aromatic heterocycles. The van der Waals surface area contributed by atoms with Crippen LogP contribution in [0.25, 0.3) is 10.9 Å². The molecule has 25 heavy (non-hydrogen) atoms. The molecule has 1 aliphatic heterocycles. The predicted molar refractivity (Wildman–Crippen MR) is 94.7 cm³/mol. The number of aryl methyl sites for hydroxylation is 1. The van der Waals surface area contributed by atoms with Gasteiger partial charge in [0.2, 0.25) is 0 Å². The van der Waals surface area contributed by atoms with Crippen molar-refractivity contribution in [3.05, 3.63) is 47.3 Å². The number of rotatable bonds is 4. The van der Waals surface area contributed by atoms with Gasteiger partial charge in [0.15, 0.2) is 5.82 Å². The van der Waals surface area contributed by atoms with Gasteiger partial charge >= 0.3 is 0 Å². The SMILES string of the molecule is O=C1NCCCn2c1cc1ccc(CNc3cc(C4CC4)on3)cc12. The van der Waals surface area contributed by atoms with Gasteiger partial charge in [0.1, 0.15) is 11.5 Å². The van der Waals surface area contributed by atoms with Crippen molar-refractivity contribution >= 4 is 22.6 Å². The molecule has 0 radical (unpaired) electrons. The van der Waals surface area contributed by atoms with E-state index in [-0.39, 0.29) is 5.91 Å². The molecule has 1 fully saturated rings. The molecular weight excluding hydrogens is 316 g/mol. The Morgan fingerprint density at radius 3 is 3.08 bits per heavy atom. The average molecular weight is 336 g/mol. The Bertz CT molecular complexity index is 952. The van der Waals surface area contributed by atoms with Crippen LogP contribution >= 0.6 is 0 Å². The maximum atomic E-state index is 12.2. The van der Waals surface area contributed by atoms with Gasteiger partial charge in [-0.2, -0.15) is 0 Å². The highest BCUT2D eigenvalue weighted by Crippen LogP contribution is 2.40. The highest BCUT2D eigenvalue weighted by atomic mass is 16.5. The Labute approximate surface area is 145 Å². The Kier molecular flexibility index (Phi) is 3.29. The van der Waals surface area contributed by atoms with Crippen LogP contribution < -0.4 is 10.6 Å². The van der Waals surface area contributed by atoms with Crippen LogP contribution in [0, 0.1) is 0 Å². The number of anilines is 1. The predicted octanol–water partition coefficient (Wildman–Crippen LogP) is 3.25. The molecule has 0 atom stereocenters. The van der Waals surface area contributed by atoms with Crippen LogP contribution in [0.15, 0.2) is 34.9 Å². The molecule has 2 N–H and O–H groups in total. The van der Waals surface area contributed by atoms with Crippen LogP contribution in [0.3, 0.4) is 0 Å². The average Bonchev–Trinajstić information content (AvgIpc) is 3.30. The minimum absolute atomic E-state index is 0.0172. The Balaban J connectivity index is 1.39. The lowest BCUT2D eigenvalue weighted by Gasteiger charge is -2.07. The molecule has 6 heteroatoms. The Hall–Kier alpha value is -2.76. The monoisotopic (exact) mass is 336 g/mol. The molecule has 2 aliphatic rings. The van der Waals surface area contributed by atoms with Gasteiger partial charge < -0.3 is 19.7 Å². The molecule has 128 valence electrons. The van der Waals surface area contributed by atoms with Gasteiger partial charge in [-0.3, -0.25) is 4.79 Å². The summed E-state index contributed by atoms with van der Waals surface area (Å²) in [5.74, 6) is 2.36. The van der Waals surface area contributed by atoms with E-state index in [4.69, 9.17) is 4.52 Å². The zero-order valence-corrected chi connectivity index (χ0v) is 13.9. The molecule has 1 aromatic carbocycles. The van der Waals surface area contributed by atoms with E-state index >= 15 is 0 Å². The molecule has 5 rings (SSSR count). The van der Waals surface area contributed by atoms with E-state index in [1.165, 1.54) is 12.8 Å². The number of benzene rings is 1. The summed E-state index contributed by atoms with van der Waals surface area (Å²) < 4.78 is 7.50. The lowest BCUT2D eigenvalue weighted by Crippen LogP contribution is -2.22. The first kappa shape index (κ1) is 14.6. The molecule has 0 bridgehead atoms. The number of carbonyl (C=O) groups is 1. The molecule has 0 spiro atoms. The maximum absolute atomic E-state index is 12.2. The summed E-state index contributed by atoms with van der Waals surface area (Å²) in [6.45, 7) is 2.28. The highest BCUT2D eigenvalue weighted by molar-refractivity contribution is 5.99. The van der Waals surface area contributed by atoms with E-state index in [9.17, 15) is 4.79 Å². The topological polar surface area (TPSA) is 72.1 Å². The van der Waals surface area contributed by atoms with Gasteiger partial charge in [-0.15, -0.1) is 0 Å². The molecule has 1 amide bonds. The Morgan fingerprint density at radius 1 is 1.28 bits per heavy atom. The summed E-state index contributed by atoms with van der Waals surface area (Å²) in [7, 11) is 0. The summed E-state index contributed by atoms with van der Waals surface area (Å²) in [6.07, 6.45) is 3.37. The fourth-order valence-electron chi connectivity index (χ4n) is 3.49. The third-order valence-corrected chi connectivity index (χ3v) is 5.03. The van der Waals surface area contributed by atoms with Crippen molar-refractivity contribution in [2.24, 2.45) is 0 Å². The molecule has 3 aromatic rings. The quantitative estimate of drug-likeness (QED) is 0.767. The fraction of sp³-hybridized carbons (Fsp3) is 0.368. The lowest BCUT2D eigenvalue weighted by atomic mass is 10.1. The van der Waals surface area contributed by atoms with Crippen LogP contribution in [0.1, 0.15) is 47.0 Å². The molecule has 6 nitrogen and oxygen atoms in total. The second kappa shape index (κ2) is 5.65. The zero-order chi connectivity index (χ0) is 16.8. The van der Waals surface area contributed by atoms with E-state index in [2.05, 4.69) is 38.6 Å². The zero-order valence-electron chi connectivity index (χ0n) is 13.9. The largest absolute Gasteiger partial charge is 0.363 e. The van der Waals surface area contributed by atoms with Crippen molar-refractivity contribution < 1.29 is 9.32 Å². The first-order valence-corrected chi connectivity index (χ1v) is 8.89. The first-order chi connectivity index (χ1) is 12.3. The molecular formula is C19H20N4O2. The van der Waals surface area contributed by atoms with Crippen LogP contribution in [0.2, 0.25) is 0 Å². The van der Waals surface area contributed by atoms with E-state index in [0.717, 1.165) is 53.2 Å². The highest BCUT2D eigenvalue weighted by Gasteiger charge is 2.27. The van der Waals surface area contributed by atoms with Crippen molar-refractivity contribution in [2.45, 2.75) is 38.3 Å². The maximum Gasteiger partial charge on any atom is 0.267 e. The third-order valence-electron chi connectivity index (χ3n) is 5.03. The molecule has 1 saturated carbocycles. The standard InChI is InChI=1S/C19H20N4O2/c24-19-16-9-14-3-2-12(8-15(14)23(16)7-1-6-20-19)11-21-18-10-17(25-22-18)13-4-5-13/h2-3,8-10,13H,1,4-7,11H2,(H,20,24)(H,21,22). The number of hydrogen-bond acceptors (Lipinski definition) is 4. The van der Waals surface area contributed by atoms with E-state index in [0.29, 0.717) is 12.5 Å². The second-order valence-electron chi connectivity index (χ2n) is 6.93. The summed E-state index contributed by atoms with van der Waals surface area (Å²) in [4.78, 5) is 12.2. The number of nitrogens with zero attached hydrogens (tertiary/aromatic N) is 2. The van der Waals surface area contributed by atoms with Crippen molar-refractivity contribution in [2.75, 3.05) is 11.9 Å². The summed E-state index contributed by atoms with van der Waals surface area (Å²) >= 11 is 0. The van der Waals surface area contributed by atoms with Crippen LogP contribution in [0.4, 0.5) is 5.82 Å². The van der Waals surface area contributed by atoms with Gasteiger partial charge in [0.25, 0.3) is 5.91 Å². The van der Waals surface area contributed by atoms with Crippen molar-refractivity contribution in [3.8, 4) is 0 Å². The van der Waals surface area contributed by atoms with E-state index in [1.807, 2.05) is 12.1 Å². The smallest absolute Gasteiger partial charge is 0.267 e. The van der Waals surface area contributed by atoms with Crippen LogP contribution in [-0.4, -0.2) is 22.2 Å². The molecule has 0 saturated heterocycles. The summed E-state index contributed by atoms with van der Waals surface area (Å²) in [5.41, 5.74) is 3.03. The van der Waals surface area contributed by atoms with Crippen LogP contribution in [-0.2, 0) is 13.1 Å². The minimum Gasteiger partial charge on any atom is -0.363 e. The van der Waals surface area contributed by atoms with Gasteiger partial charge in [0, 0.05) is 42.5 Å². The molecule has 0 unspecified atom stereocenters. The van der Waals surface area contributed by atoms with E-state index in [1.54, 1.807) is 0 Å². The lowest BCUT2D eigenvalue weighted by molar-refractivity contribution is 0.0951. The first-order valence-electron chi connectivity index (χ1n) is 8.89. The second-order valence-corrected chi connectivity index (χ2v) is 6.93. The molecule has 1 aliphatic carbocycles. The number of carbonyl (C=O) groups excluding carboxylic acids is 1. The van der Waals surface area contributed by atoms with Gasteiger partial charge in [-0.05, 0) is 37.0 Å². The van der Waals surface area contributed by atoms with Crippen molar-refractivity contribution in [3.63, 3.8) is 0 Å². The number of fused-ring (bicyclic) bond motifs is 3. The number of nitrogens with one attached hydrogen (secondary N) is 2. The van der Waals surface area contributed by atoms with Gasteiger partial charge in [-0.1, -0.05) is 17.3 Å². The molecule has 3 heterocycles. The van der Waals surface area contributed by atoms with Gasteiger partial charge in [-0.25, -0.2) is 0 Å². The Morgan fingerprint density at radius 2 is 2.20 bits per heavy atom. The third kappa shape index (κ3) is 2.67. The minimum atomic E-state index is 0.0172.